The fourth-order valence-electron chi connectivity index (χ4n) is 3.56. The Balaban J connectivity index is 1.90. The molecule has 1 fully saturated rings. The number of fused-ring (bicyclic) bond motifs is 1. The topological polar surface area (TPSA) is 41.3 Å². The van der Waals surface area contributed by atoms with Gasteiger partial charge in [-0.3, -0.25) is 4.90 Å². The van der Waals surface area contributed by atoms with Crippen molar-refractivity contribution in [2.45, 2.75) is 51.7 Å². The van der Waals surface area contributed by atoms with E-state index in [1.165, 1.54) is 18.9 Å². The number of rotatable bonds is 5. The monoisotopic (exact) mass is 305 g/mol. The summed E-state index contributed by atoms with van der Waals surface area (Å²) in [5.74, 6) is 0.670. The van der Waals surface area contributed by atoms with E-state index in [4.69, 9.17) is 0 Å². The Morgan fingerprint density at radius 2 is 2.23 bits per heavy atom. The average molecular weight is 305 g/mol. The van der Waals surface area contributed by atoms with E-state index < -0.39 is 0 Å². The van der Waals surface area contributed by atoms with Gasteiger partial charge in [-0.25, -0.2) is 9.37 Å². The lowest BCUT2D eigenvalue weighted by Crippen LogP contribution is -2.40. The van der Waals surface area contributed by atoms with E-state index in [9.17, 15) is 9.50 Å². The van der Waals surface area contributed by atoms with Crippen molar-refractivity contribution >= 4 is 11.0 Å². The Hall–Kier alpha value is -1.46. The lowest BCUT2D eigenvalue weighted by Gasteiger charge is -2.35. The van der Waals surface area contributed by atoms with Crippen LogP contribution in [0.2, 0.25) is 0 Å². The summed E-state index contributed by atoms with van der Waals surface area (Å²) in [6.45, 7) is 4.83. The van der Waals surface area contributed by atoms with Gasteiger partial charge in [-0.15, -0.1) is 0 Å². The lowest BCUT2D eigenvalue weighted by atomic mass is 10.00. The van der Waals surface area contributed by atoms with Crippen LogP contribution < -0.4 is 0 Å². The van der Waals surface area contributed by atoms with Crippen LogP contribution in [0, 0.1) is 5.82 Å². The highest BCUT2D eigenvalue weighted by atomic mass is 19.1. The second-order valence-corrected chi connectivity index (χ2v) is 6.01. The summed E-state index contributed by atoms with van der Waals surface area (Å²) < 4.78 is 16.1. The summed E-state index contributed by atoms with van der Waals surface area (Å²) >= 11 is 0. The van der Waals surface area contributed by atoms with E-state index in [2.05, 4.69) is 21.4 Å². The van der Waals surface area contributed by atoms with Crippen LogP contribution in [0.25, 0.3) is 11.0 Å². The molecule has 1 aromatic carbocycles. The molecule has 0 unspecified atom stereocenters. The van der Waals surface area contributed by atoms with Gasteiger partial charge in [0, 0.05) is 19.2 Å². The summed E-state index contributed by atoms with van der Waals surface area (Å²) in [7, 11) is 0. The van der Waals surface area contributed by atoms with Crippen LogP contribution in [0.15, 0.2) is 18.2 Å². The number of likely N-dealkylation sites (tertiary alicyclic amines) is 1. The van der Waals surface area contributed by atoms with E-state index >= 15 is 0 Å². The van der Waals surface area contributed by atoms with Crippen molar-refractivity contribution < 1.29 is 9.50 Å². The molecule has 22 heavy (non-hydrogen) atoms. The fraction of sp³-hybridized carbons (Fsp3) is 0.588. The number of piperidine rings is 1. The highest BCUT2D eigenvalue weighted by Crippen LogP contribution is 2.24. The summed E-state index contributed by atoms with van der Waals surface area (Å²) in [4.78, 5) is 6.95. The lowest BCUT2D eigenvalue weighted by molar-refractivity contribution is 0.109. The number of aryl methyl sites for hydroxylation is 1. The van der Waals surface area contributed by atoms with Crippen LogP contribution >= 0.6 is 0 Å². The maximum atomic E-state index is 14.0. The molecule has 1 aliphatic rings. The van der Waals surface area contributed by atoms with Gasteiger partial charge >= 0.3 is 0 Å². The third-order valence-corrected chi connectivity index (χ3v) is 4.68. The molecule has 5 heteroatoms. The molecule has 0 bridgehead atoms. The zero-order valence-electron chi connectivity index (χ0n) is 13.1. The first-order chi connectivity index (χ1) is 10.7. The van der Waals surface area contributed by atoms with Crippen molar-refractivity contribution in [1.82, 2.24) is 14.5 Å². The highest BCUT2D eigenvalue weighted by molar-refractivity contribution is 5.76. The molecule has 1 aliphatic heterocycles. The second-order valence-electron chi connectivity index (χ2n) is 6.01. The van der Waals surface area contributed by atoms with E-state index in [1.807, 2.05) is 6.07 Å². The SMILES string of the molecule is CCn1c(CN2CCCC[C@@H]2CCO)nc2c(F)cccc21. The molecule has 0 spiro atoms. The summed E-state index contributed by atoms with van der Waals surface area (Å²) in [6.07, 6.45) is 4.34. The zero-order chi connectivity index (χ0) is 15.5. The molecular weight excluding hydrogens is 281 g/mol. The predicted octanol–water partition coefficient (Wildman–Crippen LogP) is 2.93. The molecule has 1 saturated heterocycles. The minimum absolute atomic E-state index is 0.222. The van der Waals surface area contributed by atoms with Crippen molar-refractivity contribution in [3.8, 4) is 0 Å². The first kappa shape index (κ1) is 15.4. The van der Waals surface area contributed by atoms with Gasteiger partial charge in [0.25, 0.3) is 0 Å². The molecule has 0 saturated carbocycles. The molecule has 120 valence electrons. The van der Waals surface area contributed by atoms with Gasteiger partial charge in [0.05, 0.1) is 12.1 Å². The number of hydrogen-bond donors (Lipinski definition) is 1. The first-order valence-corrected chi connectivity index (χ1v) is 8.23. The number of hydrogen-bond acceptors (Lipinski definition) is 3. The van der Waals surface area contributed by atoms with Crippen molar-refractivity contribution in [3.05, 3.63) is 29.8 Å². The fourth-order valence-corrected chi connectivity index (χ4v) is 3.56. The van der Waals surface area contributed by atoms with Crippen molar-refractivity contribution in [2.75, 3.05) is 13.2 Å². The molecule has 4 nitrogen and oxygen atoms in total. The number of imidazole rings is 1. The molecule has 1 N–H and O–H groups in total. The number of nitrogens with zero attached hydrogens (tertiary/aromatic N) is 3. The number of aliphatic hydroxyl groups is 1. The Labute approximate surface area is 130 Å². The zero-order valence-corrected chi connectivity index (χ0v) is 13.1. The second kappa shape index (κ2) is 6.75. The van der Waals surface area contributed by atoms with Crippen LogP contribution in [-0.4, -0.2) is 38.8 Å². The maximum absolute atomic E-state index is 14.0. The van der Waals surface area contributed by atoms with E-state index in [0.717, 1.165) is 43.8 Å². The van der Waals surface area contributed by atoms with E-state index in [1.54, 1.807) is 6.07 Å². The quantitative estimate of drug-likeness (QED) is 0.923. The largest absolute Gasteiger partial charge is 0.396 e. The maximum Gasteiger partial charge on any atom is 0.151 e. The Bertz CT molecular complexity index is 638. The Kier molecular flexibility index (Phi) is 4.74. The van der Waals surface area contributed by atoms with Gasteiger partial charge in [-0.2, -0.15) is 0 Å². The number of benzene rings is 1. The van der Waals surface area contributed by atoms with Gasteiger partial charge < -0.3 is 9.67 Å². The van der Waals surface area contributed by atoms with Gasteiger partial charge in [-0.1, -0.05) is 12.5 Å². The van der Waals surface area contributed by atoms with E-state index in [0.29, 0.717) is 11.6 Å². The average Bonchev–Trinajstić information content (AvgIpc) is 2.88. The van der Waals surface area contributed by atoms with Crippen LogP contribution in [0.5, 0.6) is 0 Å². The number of aromatic nitrogens is 2. The van der Waals surface area contributed by atoms with Crippen LogP contribution in [0.3, 0.4) is 0 Å². The smallest absolute Gasteiger partial charge is 0.151 e. The molecule has 2 heterocycles. The first-order valence-electron chi connectivity index (χ1n) is 8.23. The molecule has 3 rings (SSSR count). The number of aliphatic hydroxyl groups excluding tert-OH is 1. The summed E-state index contributed by atoms with van der Waals surface area (Å²) in [6, 6.07) is 5.55. The minimum Gasteiger partial charge on any atom is -0.396 e. The third kappa shape index (κ3) is 2.88. The molecular formula is C17H24FN3O. The summed E-state index contributed by atoms with van der Waals surface area (Å²) in [5, 5.41) is 9.26. The van der Waals surface area contributed by atoms with Crippen molar-refractivity contribution in [2.24, 2.45) is 0 Å². The molecule has 0 radical (unpaired) electrons. The standard InChI is InChI=1S/C17H24FN3O/c1-2-21-15-8-5-7-14(18)17(15)19-16(21)12-20-10-4-3-6-13(20)9-11-22/h5,7-8,13,22H,2-4,6,9-12H2,1H3/t13-/m1/s1. The predicted molar refractivity (Wildman–Crippen MR) is 85.1 cm³/mol. The van der Waals surface area contributed by atoms with E-state index in [-0.39, 0.29) is 12.4 Å². The summed E-state index contributed by atoms with van der Waals surface area (Å²) in [5.41, 5.74) is 1.34. The van der Waals surface area contributed by atoms with Crippen LogP contribution in [-0.2, 0) is 13.1 Å². The normalized spacial score (nSPS) is 19.9. The van der Waals surface area contributed by atoms with Gasteiger partial charge in [0.15, 0.2) is 5.82 Å². The molecule has 2 aromatic rings. The van der Waals surface area contributed by atoms with Crippen LogP contribution in [0.1, 0.15) is 38.4 Å². The molecule has 0 aliphatic carbocycles. The van der Waals surface area contributed by atoms with Gasteiger partial charge in [0.2, 0.25) is 0 Å². The van der Waals surface area contributed by atoms with Crippen molar-refractivity contribution in [3.63, 3.8) is 0 Å². The highest BCUT2D eigenvalue weighted by Gasteiger charge is 2.24. The minimum atomic E-state index is -0.253. The molecule has 0 amide bonds. The Morgan fingerprint density at radius 1 is 1.36 bits per heavy atom. The molecule has 1 atom stereocenters. The van der Waals surface area contributed by atoms with Crippen molar-refractivity contribution in [1.29, 1.82) is 0 Å². The van der Waals surface area contributed by atoms with Gasteiger partial charge in [0.1, 0.15) is 11.3 Å². The number of para-hydroxylation sites is 1. The third-order valence-electron chi connectivity index (χ3n) is 4.68. The Morgan fingerprint density at radius 3 is 3.00 bits per heavy atom. The van der Waals surface area contributed by atoms with Crippen LogP contribution in [0.4, 0.5) is 4.39 Å². The number of halogens is 1. The molecule has 1 aromatic heterocycles. The van der Waals surface area contributed by atoms with Gasteiger partial charge in [-0.05, 0) is 44.9 Å².